The normalized spacial score (nSPS) is 18.9. The SMILES string of the molecule is CCNC(=O)O/N=C(/C(=O)NC1C(=O)N2C(C(=O)[O-])=C(C[n+]3cccc4ccsc43)CSC12)c1noc(N)n1. The van der Waals surface area contributed by atoms with Gasteiger partial charge in [0.25, 0.3) is 16.6 Å². The summed E-state index contributed by atoms with van der Waals surface area (Å²) in [5, 5.41) is 26.2. The van der Waals surface area contributed by atoms with Crippen molar-refractivity contribution in [2.45, 2.75) is 24.9 Å². The molecule has 4 N–H and O–H groups in total. The van der Waals surface area contributed by atoms with E-state index in [1.54, 1.807) is 6.92 Å². The lowest BCUT2D eigenvalue weighted by atomic mass is 10.0. The molecule has 1 fully saturated rings. The first kappa shape index (κ1) is 26.1. The van der Waals surface area contributed by atoms with Gasteiger partial charge in [-0.3, -0.25) is 19.3 Å². The van der Waals surface area contributed by atoms with Crippen molar-refractivity contribution in [1.82, 2.24) is 25.7 Å². The van der Waals surface area contributed by atoms with Crippen LogP contribution >= 0.6 is 23.1 Å². The van der Waals surface area contributed by atoms with E-state index >= 15 is 0 Å². The smallest absolute Gasteiger partial charge is 0.433 e. The third kappa shape index (κ3) is 5.00. The molecule has 3 aromatic rings. The second-order valence-electron chi connectivity index (χ2n) is 8.22. The van der Waals surface area contributed by atoms with Gasteiger partial charge in [0, 0.05) is 23.9 Å². The molecule has 0 aromatic carbocycles. The van der Waals surface area contributed by atoms with E-state index in [0.717, 1.165) is 15.1 Å². The van der Waals surface area contributed by atoms with Gasteiger partial charge in [0.2, 0.25) is 11.5 Å². The van der Waals surface area contributed by atoms with Gasteiger partial charge in [0.1, 0.15) is 11.4 Å². The molecule has 2 atom stereocenters. The summed E-state index contributed by atoms with van der Waals surface area (Å²) in [6.45, 7) is 2.14. The topological polar surface area (TPSA) is 209 Å². The maximum atomic E-state index is 13.1. The van der Waals surface area contributed by atoms with Crippen LogP contribution in [0.4, 0.5) is 10.8 Å². The number of fused-ring (bicyclic) bond motifs is 2. The molecular weight excluding hydrogens is 552 g/mol. The third-order valence-electron chi connectivity index (χ3n) is 5.77. The van der Waals surface area contributed by atoms with Crippen molar-refractivity contribution in [2.24, 2.45) is 5.16 Å². The van der Waals surface area contributed by atoms with Crippen LogP contribution in [-0.2, 0) is 25.8 Å². The Morgan fingerprint density at radius 3 is 2.92 bits per heavy atom. The fraction of sp³-hybridized carbons (Fsp3) is 0.273. The van der Waals surface area contributed by atoms with E-state index < -0.39 is 41.0 Å². The summed E-state index contributed by atoms with van der Waals surface area (Å²) in [5.41, 5.74) is 5.12. The Bertz CT molecular complexity index is 1550. The van der Waals surface area contributed by atoms with E-state index in [0.29, 0.717) is 5.57 Å². The number of carboxylic acids is 1. The molecule has 3 amide bonds. The first-order chi connectivity index (χ1) is 18.8. The number of carbonyl (C=O) groups excluding carboxylic acids is 4. The molecule has 2 aliphatic rings. The number of aliphatic carboxylic acids is 1. The lowest BCUT2D eigenvalue weighted by Crippen LogP contribution is -2.71. The first-order valence-corrected chi connectivity index (χ1v) is 13.4. The largest absolute Gasteiger partial charge is 0.543 e. The van der Waals surface area contributed by atoms with Gasteiger partial charge < -0.3 is 30.8 Å². The van der Waals surface area contributed by atoms with Crippen LogP contribution in [0.5, 0.6) is 0 Å². The van der Waals surface area contributed by atoms with Gasteiger partial charge in [-0.05, 0) is 24.4 Å². The number of hydrogen-bond acceptors (Lipinski definition) is 13. The van der Waals surface area contributed by atoms with E-state index in [-0.39, 0.29) is 36.4 Å². The number of oxime groups is 1. The van der Waals surface area contributed by atoms with Crippen LogP contribution < -0.4 is 26.0 Å². The Kier molecular flexibility index (Phi) is 7.16. The number of nitrogen functional groups attached to an aromatic ring is 1. The van der Waals surface area contributed by atoms with E-state index in [9.17, 15) is 24.3 Å². The highest BCUT2D eigenvalue weighted by atomic mass is 32.2. The van der Waals surface area contributed by atoms with Crippen molar-refractivity contribution in [1.29, 1.82) is 0 Å². The highest BCUT2D eigenvalue weighted by Crippen LogP contribution is 2.40. The van der Waals surface area contributed by atoms with E-state index in [2.05, 4.69) is 35.3 Å². The fourth-order valence-corrected chi connectivity index (χ4v) is 6.31. The molecule has 0 spiro atoms. The number of thioether (sulfide) groups is 1. The number of nitrogens with zero attached hydrogens (tertiary/aromatic N) is 5. The van der Waals surface area contributed by atoms with Crippen LogP contribution in [0.3, 0.4) is 0 Å². The maximum Gasteiger partial charge on any atom is 0.433 e. The molecule has 0 saturated carbocycles. The molecule has 2 aliphatic heterocycles. The molecule has 39 heavy (non-hydrogen) atoms. The Morgan fingerprint density at radius 2 is 2.21 bits per heavy atom. The molecule has 15 nitrogen and oxygen atoms in total. The molecule has 5 heterocycles. The number of amides is 3. The summed E-state index contributed by atoms with van der Waals surface area (Å²) in [5.74, 6) is -3.22. The second kappa shape index (κ2) is 10.7. The maximum absolute atomic E-state index is 13.1. The Balaban J connectivity index is 1.36. The molecule has 2 unspecified atom stereocenters. The van der Waals surface area contributed by atoms with E-state index in [1.807, 2.05) is 34.3 Å². The first-order valence-electron chi connectivity index (χ1n) is 11.5. The van der Waals surface area contributed by atoms with Crippen molar-refractivity contribution >= 4 is 68.9 Å². The number of β-lactam (4-membered cyclic amide) rings is 1. The van der Waals surface area contributed by atoms with Crippen molar-refractivity contribution in [3.63, 3.8) is 0 Å². The zero-order valence-electron chi connectivity index (χ0n) is 20.2. The third-order valence-corrected chi connectivity index (χ3v) is 8.08. The highest BCUT2D eigenvalue weighted by molar-refractivity contribution is 8.00. The zero-order chi connectivity index (χ0) is 27.7. The van der Waals surface area contributed by atoms with Crippen molar-refractivity contribution in [2.75, 3.05) is 18.0 Å². The Labute approximate surface area is 227 Å². The van der Waals surface area contributed by atoms with Gasteiger partial charge in [0.15, 0.2) is 12.7 Å². The van der Waals surface area contributed by atoms with Gasteiger partial charge in [0.05, 0.1) is 17.1 Å². The number of carbonyl (C=O) groups is 4. The van der Waals surface area contributed by atoms with Crippen molar-refractivity contribution < 1.29 is 38.2 Å². The number of rotatable bonds is 8. The molecule has 0 bridgehead atoms. The number of hydrogen-bond donors (Lipinski definition) is 3. The highest BCUT2D eigenvalue weighted by Gasteiger charge is 2.53. The van der Waals surface area contributed by atoms with Crippen LogP contribution in [0.25, 0.3) is 10.2 Å². The van der Waals surface area contributed by atoms with Gasteiger partial charge in [-0.2, -0.15) is 9.55 Å². The van der Waals surface area contributed by atoms with E-state index in [1.165, 1.54) is 23.1 Å². The number of pyridine rings is 1. The number of anilines is 1. The lowest BCUT2D eigenvalue weighted by Gasteiger charge is -2.50. The van der Waals surface area contributed by atoms with Crippen molar-refractivity contribution in [3.05, 3.63) is 46.9 Å². The summed E-state index contributed by atoms with van der Waals surface area (Å²) in [4.78, 5) is 60.4. The minimum atomic E-state index is -1.49. The second-order valence-corrected chi connectivity index (χ2v) is 10.2. The van der Waals surface area contributed by atoms with Gasteiger partial charge in [-0.25, -0.2) is 4.79 Å². The molecule has 202 valence electrons. The standard InChI is InChI=1S/C22H20N8O7S2/c1-2-24-22(35)37-27-12(15-26-21(23)36-28-15)16(31)25-13-17(32)30-14(20(33)34)11(9-39-19(13)30)8-29-6-3-4-10-5-7-38-18(10)29/h3-7,13,19H,2,8-9H2,1H3,(H4-,23,24,25,26,28,31,33,34,35)/b27-12+. The minimum Gasteiger partial charge on any atom is -0.543 e. The minimum absolute atomic E-state index is 0.227. The summed E-state index contributed by atoms with van der Waals surface area (Å²) >= 11 is 2.80. The predicted octanol–water partition coefficient (Wildman–Crippen LogP) is -1.29. The number of thiophene rings is 1. The molecular formula is C22H20N8O7S2. The van der Waals surface area contributed by atoms with Crippen LogP contribution in [0.1, 0.15) is 12.7 Å². The Morgan fingerprint density at radius 1 is 1.38 bits per heavy atom. The van der Waals surface area contributed by atoms with Crippen LogP contribution in [0.15, 0.2) is 50.7 Å². The van der Waals surface area contributed by atoms with Crippen molar-refractivity contribution in [3.8, 4) is 0 Å². The lowest BCUT2D eigenvalue weighted by molar-refractivity contribution is -0.661. The molecule has 3 aromatic heterocycles. The molecule has 0 radical (unpaired) electrons. The van der Waals surface area contributed by atoms with Gasteiger partial charge in [-0.1, -0.05) is 21.6 Å². The monoisotopic (exact) mass is 572 g/mol. The number of aromatic nitrogens is 3. The number of nitrogens with one attached hydrogen (secondary N) is 2. The molecule has 5 rings (SSSR count). The fourth-order valence-electron chi connectivity index (χ4n) is 4.10. The number of nitrogens with two attached hydrogens (primary N) is 1. The van der Waals surface area contributed by atoms with Crippen LogP contribution in [-0.4, -0.2) is 68.3 Å². The predicted molar refractivity (Wildman–Crippen MR) is 134 cm³/mol. The Hall–Kier alpha value is -4.51. The zero-order valence-corrected chi connectivity index (χ0v) is 21.8. The molecule has 1 saturated heterocycles. The summed E-state index contributed by atoms with van der Waals surface area (Å²) < 4.78 is 6.58. The van der Waals surface area contributed by atoms with Crippen LogP contribution in [0.2, 0.25) is 0 Å². The summed E-state index contributed by atoms with van der Waals surface area (Å²) in [7, 11) is 0. The van der Waals surface area contributed by atoms with E-state index in [4.69, 9.17) is 5.73 Å². The molecule has 17 heteroatoms. The average Bonchev–Trinajstić information content (AvgIpc) is 3.56. The average molecular weight is 573 g/mol. The van der Waals surface area contributed by atoms with Gasteiger partial charge in [-0.15, -0.1) is 11.8 Å². The number of carboxylic acid groups (broad SMARTS) is 1. The quantitative estimate of drug-likeness (QED) is 0.0950. The summed E-state index contributed by atoms with van der Waals surface area (Å²) in [6, 6.07) is 4.30. The van der Waals surface area contributed by atoms with Gasteiger partial charge >= 0.3 is 12.1 Å². The summed E-state index contributed by atoms with van der Waals surface area (Å²) in [6.07, 6.45) is 0.894. The molecule has 0 aliphatic carbocycles. The van der Waals surface area contributed by atoms with Crippen LogP contribution in [0, 0.1) is 0 Å².